The van der Waals surface area contributed by atoms with Crippen LogP contribution < -0.4 is 0 Å². The smallest absolute Gasteiger partial charge is 0.0541 e. The van der Waals surface area contributed by atoms with Crippen LogP contribution in [0.15, 0.2) is 218 Å². The second-order valence-corrected chi connectivity index (χ2v) is 14.5. The number of hydrogen-bond donors (Lipinski definition) is 0. The second kappa shape index (κ2) is 13.2. The molecule has 0 unspecified atom stereocenters. The van der Waals surface area contributed by atoms with E-state index in [0.29, 0.717) is 0 Å². The van der Waals surface area contributed by atoms with Crippen LogP contribution in [0.25, 0.3) is 99.5 Å². The molecule has 11 aromatic rings. The van der Waals surface area contributed by atoms with Crippen LogP contribution in [-0.2, 0) is 0 Å². The zero-order chi connectivity index (χ0) is 37.0. The molecule has 0 bridgehead atoms. The van der Waals surface area contributed by atoms with Crippen molar-refractivity contribution in [3.8, 4) is 55.9 Å². The van der Waals surface area contributed by atoms with Crippen molar-refractivity contribution < 1.29 is 0 Å². The fraction of sp³-hybridized carbons (Fsp3) is 0. The summed E-state index contributed by atoms with van der Waals surface area (Å²) in [5, 5.41) is 4.99. The van der Waals surface area contributed by atoms with Crippen LogP contribution in [0, 0.1) is 0 Å². The van der Waals surface area contributed by atoms with Gasteiger partial charge in [0.1, 0.15) is 0 Å². The molecule has 2 heteroatoms. The van der Waals surface area contributed by atoms with Gasteiger partial charge in [-0.3, -0.25) is 0 Å². The Kier molecular flexibility index (Phi) is 7.53. The van der Waals surface area contributed by atoms with Crippen LogP contribution in [0.2, 0.25) is 0 Å². The Labute approximate surface area is 325 Å². The standard InChI is InChI=1S/C54H36N2/c1-3-15-37(16-4-1)43-19-7-8-20-44(43)39-27-31-42(32-28-39)55-51-25-13-10-22-46(51)48-35-40(29-33-53(48)55)41-30-34-54-49(36-41)47-23-11-14-26-52(47)56(54)50-24-12-9-21-45(50)38-17-5-2-6-18-38/h1-36H. The summed E-state index contributed by atoms with van der Waals surface area (Å²) in [5.74, 6) is 0. The van der Waals surface area contributed by atoms with E-state index in [0.717, 1.165) is 5.69 Å². The Morgan fingerprint density at radius 3 is 1.21 bits per heavy atom. The first-order chi connectivity index (χ1) is 27.8. The van der Waals surface area contributed by atoms with Crippen molar-refractivity contribution in [3.05, 3.63) is 218 Å². The van der Waals surface area contributed by atoms with E-state index in [1.807, 2.05) is 0 Å². The van der Waals surface area contributed by atoms with Gasteiger partial charge in [0.15, 0.2) is 0 Å². The van der Waals surface area contributed by atoms with E-state index >= 15 is 0 Å². The van der Waals surface area contributed by atoms with Gasteiger partial charge in [-0.2, -0.15) is 0 Å². The van der Waals surface area contributed by atoms with Gasteiger partial charge in [-0.1, -0.05) is 164 Å². The van der Waals surface area contributed by atoms with E-state index in [1.54, 1.807) is 0 Å². The summed E-state index contributed by atoms with van der Waals surface area (Å²) >= 11 is 0. The van der Waals surface area contributed by atoms with Crippen molar-refractivity contribution in [2.24, 2.45) is 0 Å². The molecule has 0 aliphatic carbocycles. The number of aromatic nitrogens is 2. The summed E-state index contributed by atoms with van der Waals surface area (Å²) in [6.45, 7) is 0. The van der Waals surface area contributed by atoms with Crippen LogP contribution in [0.5, 0.6) is 0 Å². The molecule has 262 valence electrons. The first kappa shape index (κ1) is 32.0. The van der Waals surface area contributed by atoms with Crippen LogP contribution >= 0.6 is 0 Å². The quantitative estimate of drug-likeness (QED) is 0.162. The highest BCUT2D eigenvalue weighted by molar-refractivity contribution is 6.13. The SMILES string of the molecule is c1ccc(-c2ccccc2-c2ccc(-n3c4ccccc4c4cc(-c5ccc6c(c5)c5ccccc5n6-c5ccccc5-c5ccccc5)ccc43)cc2)cc1. The topological polar surface area (TPSA) is 9.86 Å². The third-order valence-corrected chi connectivity index (χ3v) is 11.4. The number of hydrogen-bond acceptors (Lipinski definition) is 0. The average molecular weight is 713 g/mol. The molecule has 56 heavy (non-hydrogen) atoms. The highest BCUT2D eigenvalue weighted by atomic mass is 15.0. The largest absolute Gasteiger partial charge is 0.309 e. The molecular formula is C54H36N2. The minimum atomic E-state index is 1.15. The van der Waals surface area contributed by atoms with Gasteiger partial charge < -0.3 is 9.13 Å². The summed E-state index contributed by atoms with van der Waals surface area (Å²) in [4.78, 5) is 0. The van der Waals surface area contributed by atoms with Crippen LogP contribution in [0.1, 0.15) is 0 Å². The number of rotatable bonds is 6. The number of benzene rings is 9. The maximum absolute atomic E-state index is 2.43. The lowest BCUT2D eigenvalue weighted by molar-refractivity contribution is 1.18. The number of fused-ring (bicyclic) bond motifs is 6. The van der Waals surface area contributed by atoms with Gasteiger partial charge in [0.05, 0.1) is 27.8 Å². The van der Waals surface area contributed by atoms with Crippen molar-refractivity contribution in [3.63, 3.8) is 0 Å². The second-order valence-electron chi connectivity index (χ2n) is 14.5. The highest BCUT2D eigenvalue weighted by Crippen LogP contribution is 2.40. The Hall–Kier alpha value is -7.42. The normalized spacial score (nSPS) is 11.6. The molecule has 0 atom stereocenters. The zero-order valence-electron chi connectivity index (χ0n) is 30.7. The molecule has 0 aliphatic heterocycles. The monoisotopic (exact) mass is 712 g/mol. The molecule has 0 fully saturated rings. The van der Waals surface area contributed by atoms with E-state index in [4.69, 9.17) is 0 Å². The molecule has 0 amide bonds. The van der Waals surface area contributed by atoms with Gasteiger partial charge in [-0.25, -0.2) is 0 Å². The summed E-state index contributed by atoms with van der Waals surface area (Å²) in [6.07, 6.45) is 0. The fourth-order valence-corrected chi connectivity index (χ4v) is 8.77. The molecule has 2 nitrogen and oxygen atoms in total. The van der Waals surface area contributed by atoms with E-state index in [1.165, 1.54) is 93.8 Å². The first-order valence-corrected chi connectivity index (χ1v) is 19.3. The minimum Gasteiger partial charge on any atom is -0.309 e. The lowest BCUT2D eigenvalue weighted by Gasteiger charge is -2.14. The van der Waals surface area contributed by atoms with Crippen molar-refractivity contribution >= 4 is 43.6 Å². The molecule has 2 aromatic heterocycles. The third-order valence-electron chi connectivity index (χ3n) is 11.4. The maximum Gasteiger partial charge on any atom is 0.0541 e. The predicted octanol–water partition coefficient (Wildman–Crippen LogP) is 14.5. The zero-order valence-corrected chi connectivity index (χ0v) is 30.7. The molecule has 0 radical (unpaired) electrons. The highest BCUT2D eigenvalue weighted by Gasteiger charge is 2.18. The maximum atomic E-state index is 2.43. The van der Waals surface area contributed by atoms with Gasteiger partial charge in [-0.15, -0.1) is 0 Å². The van der Waals surface area contributed by atoms with Crippen molar-refractivity contribution in [2.45, 2.75) is 0 Å². The average Bonchev–Trinajstić information content (AvgIpc) is 3.79. The molecule has 0 N–H and O–H groups in total. The number of para-hydroxylation sites is 3. The molecule has 2 heterocycles. The minimum absolute atomic E-state index is 1.15. The summed E-state index contributed by atoms with van der Waals surface area (Å²) in [7, 11) is 0. The van der Waals surface area contributed by atoms with Crippen molar-refractivity contribution in [1.82, 2.24) is 9.13 Å². The van der Waals surface area contributed by atoms with E-state index in [-0.39, 0.29) is 0 Å². The molecule has 0 saturated carbocycles. The molecule has 9 aromatic carbocycles. The number of nitrogens with zero attached hydrogens (tertiary/aromatic N) is 2. The van der Waals surface area contributed by atoms with Crippen LogP contribution in [0.4, 0.5) is 0 Å². The molecular weight excluding hydrogens is 677 g/mol. The van der Waals surface area contributed by atoms with Crippen molar-refractivity contribution in [1.29, 1.82) is 0 Å². The molecule has 11 rings (SSSR count). The van der Waals surface area contributed by atoms with Gasteiger partial charge in [0, 0.05) is 32.8 Å². The Bertz CT molecular complexity index is 3220. The van der Waals surface area contributed by atoms with Gasteiger partial charge >= 0.3 is 0 Å². The molecule has 0 spiro atoms. The van der Waals surface area contributed by atoms with Gasteiger partial charge in [0.25, 0.3) is 0 Å². The summed E-state index contributed by atoms with van der Waals surface area (Å²) in [5.41, 5.74) is 16.9. The Balaban J connectivity index is 1.02. The lowest BCUT2D eigenvalue weighted by Crippen LogP contribution is -1.97. The predicted molar refractivity (Wildman–Crippen MR) is 237 cm³/mol. The molecule has 0 aliphatic rings. The Morgan fingerprint density at radius 1 is 0.232 bits per heavy atom. The third kappa shape index (κ3) is 5.19. The van der Waals surface area contributed by atoms with Gasteiger partial charge in [0.2, 0.25) is 0 Å². The van der Waals surface area contributed by atoms with Crippen LogP contribution in [-0.4, -0.2) is 9.13 Å². The van der Waals surface area contributed by atoms with E-state index < -0.39 is 0 Å². The van der Waals surface area contributed by atoms with Crippen molar-refractivity contribution in [2.75, 3.05) is 0 Å². The Morgan fingerprint density at radius 2 is 0.625 bits per heavy atom. The molecule has 0 saturated heterocycles. The lowest BCUT2D eigenvalue weighted by atomic mass is 9.94. The summed E-state index contributed by atoms with van der Waals surface area (Å²) in [6, 6.07) is 79.3. The van der Waals surface area contributed by atoms with Crippen LogP contribution in [0.3, 0.4) is 0 Å². The van der Waals surface area contributed by atoms with Gasteiger partial charge in [-0.05, 0) is 93.5 Å². The summed E-state index contributed by atoms with van der Waals surface area (Å²) < 4.78 is 4.83. The van der Waals surface area contributed by atoms with E-state index in [2.05, 4.69) is 228 Å². The first-order valence-electron chi connectivity index (χ1n) is 19.3. The van der Waals surface area contributed by atoms with E-state index in [9.17, 15) is 0 Å². The fourth-order valence-electron chi connectivity index (χ4n) is 8.77.